The number of hydrogen-bond acceptors (Lipinski definition) is 8. The van der Waals surface area contributed by atoms with Gasteiger partial charge >= 0.3 is 6.09 Å². The zero-order valence-electron chi connectivity index (χ0n) is 20.0. The molecule has 0 aromatic heterocycles. The average molecular weight is 507 g/mol. The van der Waals surface area contributed by atoms with E-state index in [0.717, 1.165) is 31.6 Å². The number of nitrogens with one attached hydrogen (secondary N) is 1. The predicted molar refractivity (Wildman–Crippen MR) is 130 cm³/mol. The molecule has 2 aromatic carbocycles. The van der Waals surface area contributed by atoms with Crippen LogP contribution in [0.25, 0.3) is 0 Å². The number of rotatable bonds is 12. The molecule has 1 saturated heterocycles. The summed E-state index contributed by atoms with van der Waals surface area (Å²) in [5, 5.41) is 8.98. The van der Waals surface area contributed by atoms with Crippen LogP contribution < -0.4 is 15.0 Å². The molecule has 9 nitrogen and oxygen atoms in total. The van der Waals surface area contributed by atoms with Gasteiger partial charge in [0.05, 0.1) is 18.1 Å². The van der Waals surface area contributed by atoms with Crippen LogP contribution in [0.3, 0.4) is 0 Å². The second kappa shape index (κ2) is 12.8. The first-order valence-corrected chi connectivity index (χ1v) is 13.4. The van der Waals surface area contributed by atoms with E-state index >= 15 is 0 Å². The molecule has 1 aliphatic rings. The molecule has 10 heteroatoms. The number of sulfone groups is 1. The summed E-state index contributed by atoms with van der Waals surface area (Å²) in [6.07, 6.45) is 1.64. The number of amides is 1. The van der Waals surface area contributed by atoms with Gasteiger partial charge in [-0.2, -0.15) is 0 Å². The molecule has 35 heavy (non-hydrogen) atoms. The van der Waals surface area contributed by atoms with Crippen LogP contribution >= 0.6 is 0 Å². The zero-order chi connectivity index (χ0) is 25.2. The van der Waals surface area contributed by atoms with Gasteiger partial charge in [0.2, 0.25) is 14.8 Å². The lowest BCUT2D eigenvalue weighted by Crippen LogP contribution is -2.53. The lowest BCUT2D eigenvalue weighted by atomic mass is 10.1. The molecule has 0 bridgehead atoms. The first-order valence-electron chi connectivity index (χ1n) is 11.9. The van der Waals surface area contributed by atoms with Crippen LogP contribution in [0, 0.1) is 0 Å². The normalized spacial score (nSPS) is 15.8. The van der Waals surface area contributed by atoms with Crippen molar-refractivity contribution in [2.24, 2.45) is 0 Å². The number of likely N-dealkylation sites (tertiary alicyclic amines) is 1. The minimum absolute atomic E-state index is 0.0378. The van der Waals surface area contributed by atoms with Gasteiger partial charge < -0.3 is 19.1 Å². The molecule has 1 aliphatic heterocycles. The molecule has 0 atom stereocenters. The molecule has 192 valence electrons. The Hall–Kier alpha value is -2.82. The number of piperidine rings is 1. The minimum atomic E-state index is -4.06. The second-order valence-electron chi connectivity index (χ2n) is 8.45. The van der Waals surface area contributed by atoms with Gasteiger partial charge in [0.1, 0.15) is 11.5 Å². The van der Waals surface area contributed by atoms with Gasteiger partial charge in [-0.1, -0.05) is 31.5 Å². The van der Waals surface area contributed by atoms with E-state index in [1.165, 1.54) is 17.6 Å². The largest absolute Gasteiger partial charge is 0.494 e. The van der Waals surface area contributed by atoms with Crippen LogP contribution in [-0.4, -0.2) is 62.4 Å². The van der Waals surface area contributed by atoms with Crippen molar-refractivity contribution < 1.29 is 32.6 Å². The smallest absolute Gasteiger partial charge is 0.432 e. The van der Waals surface area contributed by atoms with Crippen molar-refractivity contribution in [1.82, 2.24) is 10.4 Å². The van der Waals surface area contributed by atoms with Crippen LogP contribution in [0.5, 0.6) is 11.5 Å². The van der Waals surface area contributed by atoms with Gasteiger partial charge in [0.15, 0.2) is 0 Å². The molecule has 2 aromatic rings. The number of benzene rings is 2. The third-order valence-electron chi connectivity index (χ3n) is 6.01. The highest BCUT2D eigenvalue weighted by atomic mass is 32.2. The summed E-state index contributed by atoms with van der Waals surface area (Å²) >= 11 is 0. The number of hydrogen-bond donors (Lipinski definition) is 2. The van der Waals surface area contributed by atoms with Gasteiger partial charge in [-0.15, -0.1) is 0 Å². The lowest BCUT2D eigenvalue weighted by Gasteiger charge is -2.40. The Morgan fingerprint density at radius 1 is 0.971 bits per heavy atom. The Labute approximate surface area is 206 Å². The Morgan fingerprint density at radius 2 is 1.57 bits per heavy atom. The molecule has 1 amide bonds. The zero-order valence-corrected chi connectivity index (χ0v) is 20.8. The summed E-state index contributed by atoms with van der Waals surface area (Å²) in [6.45, 7) is 4.71. The molecule has 0 saturated carbocycles. The number of para-hydroxylation sites is 1. The molecule has 0 aliphatic carbocycles. The molecule has 0 spiro atoms. The Morgan fingerprint density at radius 3 is 2.17 bits per heavy atom. The maximum Gasteiger partial charge on any atom is 0.432 e. The Bertz CT molecular complexity index is 1020. The van der Waals surface area contributed by atoms with Gasteiger partial charge in [0.25, 0.3) is 0 Å². The van der Waals surface area contributed by atoms with Gasteiger partial charge in [-0.3, -0.25) is 5.21 Å². The van der Waals surface area contributed by atoms with Crippen molar-refractivity contribution >= 4 is 15.9 Å². The monoisotopic (exact) mass is 506 g/mol. The van der Waals surface area contributed by atoms with Crippen LogP contribution in [0.1, 0.15) is 39.0 Å². The number of carbonyl (C=O) groups is 1. The predicted octanol–water partition coefficient (Wildman–Crippen LogP) is 4.02. The van der Waals surface area contributed by atoms with E-state index in [1.54, 1.807) is 12.1 Å². The van der Waals surface area contributed by atoms with Crippen LogP contribution in [0.4, 0.5) is 4.79 Å². The van der Waals surface area contributed by atoms with Crippen molar-refractivity contribution in [2.45, 2.75) is 48.9 Å². The topological polar surface area (TPSA) is 114 Å². The molecular formula is C25H34N2O7S. The van der Waals surface area contributed by atoms with Crippen molar-refractivity contribution in [1.29, 1.82) is 0 Å². The minimum Gasteiger partial charge on any atom is -0.494 e. The number of unbranched alkanes of at least 4 members (excludes halogenated alkanes) is 1. The number of ether oxygens (including phenoxy) is 3. The summed E-state index contributed by atoms with van der Waals surface area (Å²) in [6, 6.07) is 15.7. The average Bonchev–Trinajstić information content (AvgIpc) is 2.88. The van der Waals surface area contributed by atoms with Gasteiger partial charge in [-0.05, 0) is 49.2 Å². The van der Waals surface area contributed by atoms with Gasteiger partial charge in [-0.25, -0.2) is 18.7 Å². The highest BCUT2D eigenvalue weighted by molar-refractivity contribution is 7.92. The van der Waals surface area contributed by atoms with Crippen molar-refractivity contribution in [2.75, 3.05) is 32.8 Å². The standard InChI is InChI=1S/C25H34N2O7S/c1-2-3-19-32-22-10-12-23(13-11-22)35(30,31)25(34-24(28)26-29)14-17-27(18-15-25)16-7-20-33-21-8-5-4-6-9-21/h4-6,8-13,29H,2-3,7,14-20H2,1H3,(H,26,28). The number of hydroxylamine groups is 1. The van der Waals surface area contributed by atoms with Crippen LogP contribution in [0.2, 0.25) is 0 Å². The summed E-state index contributed by atoms with van der Waals surface area (Å²) in [5.41, 5.74) is 1.39. The summed E-state index contributed by atoms with van der Waals surface area (Å²) in [7, 11) is -4.06. The highest BCUT2D eigenvalue weighted by Crippen LogP contribution is 2.37. The second-order valence-corrected chi connectivity index (χ2v) is 10.7. The summed E-state index contributed by atoms with van der Waals surface area (Å²) in [5.74, 6) is 1.38. The number of nitrogens with zero attached hydrogens (tertiary/aromatic N) is 1. The third-order valence-corrected chi connectivity index (χ3v) is 8.37. The van der Waals surface area contributed by atoms with Gasteiger partial charge in [0, 0.05) is 32.5 Å². The fourth-order valence-corrected chi connectivity index (χ4v) is 5.82. The molecule has 1 heterocycles. The van der Waals surface area contributed by atoms with E-state index in [4.69, 9.17) is 19.4 Å². The Balaban J connectivity index is 1.63. The first kappa shape index (κ1) is 26.8. The SMILES string of the molecule is CCCCOc1ccc(S(=O)(=O)C2(OC(=O)NO)CCN(CCCOc3ccccc3)CC2)cc1. The Kier molecular flexibility index (Phi) is 9.76. The van der Waals surface area contributed by atoms with E-state index in [-0.39, 0.29) is 17.7 Å². The molecule has 1 fully saturated rings. The van der Waals surface area contributed by atoms with E-state index in [2.05, 4.69) is 11.8 Å². The third kappa shape index (κ3) is 7.09. The van der Waals surface area contributed by atoms with E-state index in [9.17, 15) is 13.2 Å². The van der Waals surface area contributed by atoms with Crippen molar-refractivity contribution in [3.8, 4) is 11.5 Å². The maximum absolute atomic E-state index is 13.6. The number of carbonyl (C=O) groups excluding carboxylic acids is 1. The summed E-state index contributed by atoms with van der Waals surface area (Å²) in [4.78, 5) is 12.3. The summed E-state index contributed by atoms with van der Waals surface area (Å²) < 4.78 is 43.8. The van der Waals surface area contributed by atoms with Crippen LogP contribution in [-0.2, 0) is 14.6 Å². The molecule has 0 radical (unpaired) electrons. The molecule has 0 unspecified atom stereocenters. The molecule has 2 N–H and O–H groups in total. The maximum atomic E-state index is 13.6. The first-order chi connectivity index (χ1) is 16.9. The van der Waals surface area contributed by atoms with E-state index in [0.29, 0.717) is 32.1 Å². The lowest BCUT2D eigenvalue weighted by molar-refractivity contribution is 0.00109. The fourth-order valence-electron chi connectivity index (χ4n) is 3.99. The van der Waals surface area contributed by atoms with Crippen molar-refractivity contribution in [3.63, 3.8) is 0 Å². The highest BCUT2D eigenvalue weighted by Gasteiger charge is 2.50. The van der Waals surface area contributed by atoms with E-state index in [1.807, 2.05) is 30.3 Å². The van der Waals surface area contributed by atoms with E-state index < -0.39 is 20.9 Å². The molecule has 3 rings (SSSR count). The van der Waals surface area contributed by atoms with Crippen LogP contribution in [0.15, 0.2) is 59.5 Å². The van der Waals surface area contributed by atoms with Crippen molar-refractivity contribution in [3.05, 3.63) is 54.6 Å². The quantitative estimate of drug-likeness (QED) is 0.252. The molecular weight excluding hydrogens is 472 g/mol. The fraction of sp³-hybridized carbons (Fsp3) is 0.480.